The minimum absolute atomic E-state index is 0.0469. The van der Waals surface area contributed by atoms with Crippen LogP contribution in [0.3, 0.4) is 0 Å². The summed E-state index contributed by atoms with van der Waals surface area (Å²) in [6.07, 6.45) is 5.98. The van der Waals surface area contributed by atoms with Crippen LogP contribution in [0.1, 0.15) is 51.0 Å². The first-order chi connectivity index (χ1) is 18.3. The Hall–Kier alpha value is -2.88. The van der Waals surface area contributed by atoms with Crippen LogP contribution in [-0.4, -0.2) is 85.2 Å². The van der Waals surface area contributed by atoms with E-state index in [1.807, 2.05) is 4.90 Å². The van der Waals surface area contributed by atoms with Gasteiger partial charge in [-0.2, -0.15) is 0 Å². The molecule has 3 heterocycles. The molecule has 1 aromatic rings. The SMILES string of the molecule is CN[C@@H](C)C(=O)N[C@H](C(=O)N1CCC2[C@H]1[C@@H](C1Cc3cc(F)ccc3N1)CN2C(=O)OC)C1CCCCC1. The molecule has 208 valence electrons. The van der Waals surface area contributed by atoms with Gasteiger partial charge in [0.25, 0.3) is 0 Å². The molecule has 4 aliphatic rings. The fourth-order valence-electron chi connectivity index (χ4n) is 7.13. The summed E-state index contributed by atoms with van der Waals surface area (Å²) in [6.45, 7) is 2.77. The monoisotopic (exact) mass is 529 g/mol. The first-order valence-electron chi connectivity index (χ1n) is 14.0. The van der Waals surface area contributed by atoms with Gasteiger partial charge in [0.1, 0.15) is 11.9 Å². The van der Waals surface area contributed by atoms with Gasteiger partial charge in [-0.25, -0.2) is 9.18 Å². The molecule has 3 aliphatic heterocycles. The number of carbonyl (C=O) groups is 3. The minimum atomic E-state index is -0.590. The summed E-state index contributed by atoms with van der Waals surface area (Å²) in [4.78, 5) is 43.7. The Morgan fingerprint density at radius 3 is 2.61 bits per heavy atom. The van der Waals surface area contributed by atoms with Crippen LogP contribution < -0.4 is 16.0 Å². The number of ether oxygens (including phenoxy) is 1. The number of likely N-dealkylation sites (tertiary alicyclic amines) is 2. The predicted octanol–water partition coefficient (Wildman–Crippen LogP) is 2.50. The zero-order valence-corrected chi connectivity index (χ0v) is 22.5. The highest BCUT2D eigenvalue weighted by atomic mass is 19.1. The molecule has 0 radical (unpaired) electrons. The van der Waals surface area contributed by atoms with Crippen LogP contribution in [0, 0.1) is 17.7 Å². The van der Waals surface area contributed by atoms with Gasteiger partial charge in [-0.3, -0.25) is 9.59 Å². The van der Waals surface area contributed by atoms with Gasteiger partial charge in [0.15, 0.2) is 0 Å². The molecule has 1 aliphatic carbocycles. The van der Waals surface area contributed by atoms with Gasteiger partial charge >= 0.3 is 6.09 Å². The lowest BCUT2D eigenvalue weighted by Crippen LogP contribution is -2.58. The molecule has 1 aromatic carbocycles. The summed E-state index contributed by atoms with van der Waals surface area (Å²) in [5.41, 5.74) is 1.81. The lowest BCUT2D eigenvalue weighted by molar-refractivity contribution is -0.140. The molecule has 3 amide bonds. The number of nitrogens with one attached hydrogen (secondary N) is 3. The number of nitrogens with zero attached hydrogens (tertiary/aromatic N) is 2. The Bertz CT molecular complexity index is 1060. The van der Waals surface area contributed by atoms with Gasteiger partial charge in [0.2, 0.25) is 11.8 Å². The quantitative estimate of drug-likeness (QED) is 0.523. The average molecular weight is 530 g/mol. The number of hydrogen-bond acceptors (Lipinski definition) is 6. The second-order valence-electron chi connectivity index (χ2n) is 11.3. The molecular weight excluding hydrogens is 489 g/mol. The van der Waals surface area contributed by atoms with Crippen LogP contribution >= 0.6 is 0 Å². The van der Waals surface area contributed by atoms with Crippen LogP contribution in [0.5, 0.6) is 0 Å². The maximum atomic E-state index is 14.3. The summed E-state index contributed by atoms with van der Waals surface area (Å²) in [5.74, 6) is -0.469. The average Bonchev–Trinajstić information content (AvgIpc) is 3.64. The molecular formula is C28H40FN5O4. The van der Waals surface area contributed by atoms with Gasteiger partial charge < -0.3 is 30.5 Å². The van der Waals surface area contributed by atoms with Gasteiger partial charge in [0.05, 0.1) is 25.2 Å². The van der Waals surface area contributed by atoms with Crippen molar-refractivity contribution in [2.24, 2.45) is 11.8 Å². The van der Waals surface area contributed by atoms with E-state index in [0.717, 1.165) is 43.4 Å². The summed E-state index contributed by atoms with van der Waals surface area (Å²) in [6, 6.07) is 3.35. The van der Waals surface area contributed by atoms with Crippen LogP contribution in [0.2, 0.25) is 0 Å². The minimum Gasteiger partial charge on any atom is -0.453 e. The molecule has 3 N–H and O–H groups in total. The Morgan fingerprint density at radius 2 is 1.89 bits per heavy atom. The van der Waals surface area contributed by atoms with Crippen LogP contribution in [0.25, 0.3) is 0 Å². The number of anilines is 1. The predicted molar refractivity (Wildman–Crippen MR) is 141 cm³/mol. The second-order valence-corrected chi connectivity index (χ2v) is 11.3. The molecule has 6 atom stereocenters. The topological polar surface area (TPSA) is 103 Å². The molecule has 3 fully saturated rings. The van der Waals surface area contributed by atoms with Crippen molar-refractivity contribution >= 4 is 23.6 Å². The molecule has 38 heavy (non-hydrogen) atoms. The number of likely N-dealkylation sites (N-methyl/N-ethyl adjacent to an activating group) is 1. The molecule has 0 spiro atoms. The molecule has 5 rings (SSSR count). The Kier molecular flexibility index (Phi) is 7.79. The zero-order valence-electron chi connectivity index (χ0n) is 22.5. The van der Waals surface area contributed by atoms with Crippen molar-refractivity contribution < 1.29 is 23.5 Å². The Labute approximate surface area is 223 Å². The van der Waals surface area contributed by atoms with E-state index in [-0.39, 0.29) is 47.6 Å². The lowest BCUT2D eigenvalue weighted by atomic mass is 9.82. The molecule has 10 heteroatoms. The number of hydrogen-bond donors (Lipinski definition) is 3. The molecule has 0 bridgehead atoms. The van der Waals surface area contributed by atoms with E-state index in [0.29, 0.717) is 25.9 Å². The first-order valence-corrected chi connectivity index (χ1v) is 14.0. The number of rotatable bonds is 6. The highest BCUT2D eigenvalue weighted by Gasteiger charge is 2.55. The van der Waals surface area contributed by atoms with E-state index in [2.05, 4.69) is 16.0 Å². The number of halogens is 1. The maximum absolute atomic E-state index is 14.3. The highest BCUT2D eigenvalue weighted by molar-refractivity contribution is 5.90. The van der Waals surface area contributed by atoms with Crippen molar-refractivity contribution in [2.75, 3.05) is 32.6 Å². The van der Waals surface area contributed by atoms with Crippen molar-refractivity contribution in [3.05, 3.63) is 29.6 Å². The summed E-state index contributed by atoms with van der Waals surface area (Å²) < 4.78 is 19.0. The van der Waals surface area contributed by atoms with E-state index >= 15 is 0 Å². The molecule has 1 saturated carbocycles. The standard InChI is InChI=1S/C28H40FN5O4/c1-16(30-2)26(35)32-24(17-7-5-4-6-8-17)27(36)33-12-11-23-25(33)20(15-34(23)28(37)38-3)22-14-18-13-19(29)9-10-21(18)31-22/h9-10,13,16-17,20,22-25,30-31H,4-8,11-12,14-15H2,1-3H3,(H,32,35)/t16-,20+,22?,23?,24-,25+/m0/s1. The van der Waals surface area contributed by atoms with E-state index in [1.54, 1.807) is 31.0 Å². The van der Waals surface area contributed by atoms with E-state index in [1.165, 1.54) is 13.2 Å². The van der Waals surface area contributed by atoms with Crippen molar-refractivity contribution in [1.29, 1.82) is 0 Å². The summed E-state index contributed by atoms with van der Waals surface area (Å²) in [5, 5.41) is 9.60. The number of carbonyl (C=O) groups excluding carboxylic acids is 3. The van der Waals surface area contributed by atoms with Crippen LogP contribution in [-0.2, 0) is 20.7 Å². The zero-order chi connectivity index (χ0) is 27.0. The Morgan fingerprint density at radius 1 is 1.13 bits per heavy atom. The van der Waals surface area contributed by atoms with E-state index in [9.17, 15) is 18.8 Å². The molecule has 9 nitrogen and oxygen atoms in total. The van der Waals surface area contributed by atoms with E-state index in [4.69, 9.17) is 4.74 Å². The molecule has 0 aromatic heterocycles. The smallest absolute Gasteiger partial charge is 0.409 e. The van der Waals surface area contributed by atoms with Gasteiger partial charge in [0, 0.05) is 30.7 Å². The maximum Gasteiger partial charge on any atom is 0.409 e. The van der Waals surface area contributed by atoms with E-state index < -0.39 is 18.2 Å². The summed E-state index contributed by atoms with van der Waals surface area (Å²) >= 11 is 0. The lowest BCUT2D eigenvalue weighted by Gasteiger charge is -2.37. The first kappa shape index (κ1) is 26.7. The van der Waals surface area contributed by atoms with Crippen molar-refractivity contribution in [3.63, 3.8) is 0 Å². The summed E-state index contributed by atoms with van der Waals surface area (Å²) in [7, 11) is 3.11. The number of benzene rings is 1. The molecule has 2 unspecified atom stereocenters. The van der Waals surface area contributed by atoms with Gasteiger partial charge in [-0.1, -0.05) is 19.3 Å². The number of amides is 3. The van der Waals surface area contributed by atoms with Gasteiger partial charge in [-0.15, -0.1) is 0 Å². The third-order valence-corrected chi connectivity index (χ3v) is 9.23. The van der Waals surface area contributed by atoms with Gasteiger partial charge in [-0.05, 0) is 69.3 Å². The second kappa shape index (κ2) is 11.1. The third kappa shape index (κ3) is 4.95. The van der Waals surface area contributed by atoms with Crippen LogP contribution in [0.15, 0.2) is 18.2 Å². The fourth-order valence-corrected chi connectivity index (χ4v) is 7.13. The van der Waals surface area contributed by atoms with Crippen LogP contribution in [0.4, 0.5) is 14.9 Å². The van der Waals surface area contributed by atoms with Crippen molar-refractivity contribution in [3.8, 4) is 0 Å². The third-order valence-electron chi connectivity index (χ3n) is 9.23. The van der Waals surface area contributed by atoms with Crippen molar-refractivity contribution in [1.82, 2.24) is 20.4 Å². The number of fused-ring (bicyclic) bond motifs is 2. The number of methoxy groups -OCH3 is 1. The van der Waals surface area contributed by atoms with Crippen molar-refractivity contribution in [2.45, 2.75) is 82.1 Å². The molecule has 2 saturated heterocycles. The fraction of sp³-hybridized carbons (Fsp3) is 0.679. The largest absolute Gasteiger partial charge is 0.453 e. The normalized spacial score (nSPS) is 28.3. The highest BCUT2D eigenvalue weighted by Crippen LogP contribution is 2.42. The Balaban J connectivity index is 1.42.